The highest BCUT2D eigenvalue weighted by atomic mass is 19.1. The molecule has 0 atom stereocenters. The Balaban J connectivity index is 1.27. The van der Waals surface area contributed by atoms with Crippen LogP contribution in [-0.4, -0.2) is 62.1 Å². The third-order valence-electron chi connectivity index (χ3n) is 6.19. The van der Waals surface area contributed by atoms with Crippen molar-refractivity contribution in [1.82, 2.24) is 24.2 Å². The number of hydrogen-bond donors (Lipinski definition) is 0. The lowest BCUT2D eigenvalue weighted by molar-refractivity contribution is -0.132. The number of aromatic nitrogens is 4. The smallest absolute Gasteiger partial charge is 0.264 e. The molecule has 5 rings (SSSR count). The fraction of sp³-hybridized carbons (Fsp3) is 0.240. The number of anilines is 1. The van der Waals surface area contributed by atoms with Gasteiger partial charge in [-0.15, -0.1) is 0 Å². The van der Waals surface area contributed by atoms with Gasteiger partial charge in [-0.05, 0) is 37.3 Å². The highest BCUT2D eigenvalue weighted by Crippen LogP contribution is 2.22. The molecule has 2 aromatic carbocycles. The Labute approximate surface area is 200 Å². The fourth-order valence-corrected chi connectivity index (χ4v) is 4.24. The third-order valence-corrected chi connectivity index (χ3v) is 6.19. The molecular formula is C25H23FN6O3. The van der Waals surface area contributed by atoms with Crippen molar-refractivity contribution < 1.29 is 14.0 Å². The normalized spacial score (nSPS) is 13.9. The molecule has 0 spiro atoms. The van der Waals surface area contributed by atoms with Crippen LogP contribution < -0.4 is 10.5 Å². The first-order valence-corrected chi connectivity index (χ1v) is 11.2. The number of hydrogen-bond acceptors (Lipinski definition) is 6. The zero-order chi connectivity index (χ0) is 24.5. The van der Waals surface area contributed by atoms with E-state index in [9.17, 15) is 18.8 Å². The molecule has 2 aromatic heterocycles. The Morgan fingerprint density at radius 3 is 2.46 bits per heavy atom. The van der Waals surface area contributed by atoms with Crippen LogP contribution in [0.15, 0.2) is 65.8 Å². The quantitative estimate of drug-likeness (QED) is 0.412. The Bertz CT molecular complexity index is 1470. The van der Waals surface area contributed by atoms with Gasteiger partial charge in [0, 0.05) is 31.7 Å². The van der Waals surface area contributed by atoms with Crippen molar-refractivity contribution in [3.8, 4) is 5.69 Å². The van der Waals surface area contributed by atoms with E-state index in [1.165, 1.54) is 30.1 Å². The molecule has 0 radical (unpaired) electrons. The van der Waals surface area contributed by atoms with Crippen LogP contribution in [0.3, 0.4) is 0 Å². The average molecular weight is 474 g/mol. The van der Waals surface area contributed by atoms with Gasteiger partial charge in [-0.1, -0.05) is 18.2 Å². The van der Waals surface area contributed by atoms with Crippen molar-refractivity contribution in [3.63, 3.8) is 0 Å². The number of carbonyl (C=O) groups excluding carboxylic acids is 2. The topological polar surface area (TPSA) is 93.3 Å². The second-order valence-electron chi connectivity index (χ2n) is 8.40. The van der Waals surface area contributed by atoms with Crippen LogP contribution in [-0.2, 0) is 11.3 Å². The molecule has 1 aliphatic heterocycles. The lowest BCUT2D eigenvalue weighted by atomic mass is 10.1. The summed E-state index contributed by atoms with van der Waals surface area (Å²) < 4.78 is 17.4. The fourth-order valence-electron chi connectivity index (χ4n) is 4.24. The van der Waals surface area contributed by atoms with E-state index >= 15 is 0 Å². The molecule has 9 nitrogen and oxygen atoms in total. The number of Topliss-reactive ketones (excluding diaryl/α,β-unsaturated/α-hetero) is 1. The number of ketones is 1. The molecule has 178 valence electrons. The van der Waals surface area contributed by atoms with Crippen LogP contribution in [0.1, 0.15) is 17.3 Å². The molecule has 0 bridgehead atoms. The van der Waals surface area contributed by atoms with Crippen LogP contribution in [0.4, 0.5) is 10.1 Å². The van der Waals surface area contributed by atoms with Crippen LogP contribution >= 0.6 is 0 Å². The lowest BCUT2D eigenvalue weighted by Gasteiger charge is -2.36. The zero-order valence-corrected chi connectivity index (χ0v) is 19.1. The number of piperazine rings is 1. The summed E-state index contributed by atoms with van der Waals surface area (Å²) in [4.78, 5) is 45.2. The van der Waals surface area contributed by atoms with Crippen LogP contribution in [0.25, 0.3) is 16.7 Å². The molecule has 10 heteroatoms. The van der Waals surface area contributed by atoms with Gasteiger partial charge in [-0.2, -0.15) is 5.10 Å². The molecule has 4 aromatic rings. The van der Waals surface area contributed by atoms with Gasteiger partial charge >= 0.3 is 0 Å². The van der Waals surface area contributed by atoms with Gasteiger partial charge < -0.3 is 9.80 Å². The molecule has 1 saturated heterocycles. The summed E-state index contributed by atoms with van der Waals surface area (Å²) >= 11 is 0. The number of nitrogens with zero attached hydrogens (tertiary/aromatic N) is 6. The number of benzene rings is 2. The van der Waals surface area contributed by atoms with Gasteiger partial charge in [0.05, 0.1) is 17.6 Å². The zero-order valence-electron chi connectivity index (χ0n) is 19.1. The second-order valence-corrected chi connectivity index (χ2v) is 8.40. The molecule has 0 N–H and O–H groups in total. The summed E-state index contributed by atoms with van der Waals surface area (Å²) in [5.74, 6) is -0.864. The number of fused-ring (bicyclic) bond motifs is 1. The minimum atomic E-state index is -0.459. The first-order valence-electron chi connectivity index (χ1n) is 11.2. The Hall–Kier alpha value is -4.34. The number of rotatable bonds is 5. The van der Waals surface area contributed by atoms with E-state index < -0.39 is 5.82 Å². The van der Waals surface area contributed by atoms with Gasteiger partial charge in [0.25, 0.3) is 5.56 Å². The van der Waals surface area contributed by atoms with E-state index in [0.29, 0.717) is 48.5 Å². The van der Waals surface area contributed by atoms with Crippen molar-refractivity contribution in [1.29, 1.82) is 0 Å². The van der Waals surface area contributed by atoms with E-state index in [4.69, 9.17) is 0 Å². The predicted molar refractivity (Wildman–Crippen MR) is 128 cm³/mol. The van der Waals surface area contributed by atoms with Gasteiger partial charge in [-0.3, -0.25) is 19.0 Å². The number of carbonyl (C=O) groups is 2. The van der Waals surface area contributed by atoms with Gasteiger partial charge in [0.1, 0.15) is 24.1 Å². The molecular weight excluding hydrogens is 451 g/mol. The van der Waals surface area contributed by atoms with E-state index in [1.807, 2.05) is 35.2 Å². The molecule has 0 unspecified atom stereocenters. The predicted octanol–water partition coefficient (Wildman–Crippen LogP) is 2.27. The molecule has 1 fully saturated rings. The maximum atomic E-state index is 14.5. The number of amides is 1. The van der Waals surface area contributed by atoms with Crippen LogP contribution in [0.5, 0.6) is 0 Å². The van der Waals surface area contributed by atoms with Crippen molar-refractivity contribution >= 4 is 28.4 Å². The minimum Gasteiger partial charge on any atom is -0.366 e. The van der Waals surface area contributed by atoms with Crippen molar-refractivity contribution in [3.05, 3.63) is 82.8 Å². The van der Waals surface area contributed by atoms with Gasteiger partial charge in [0.15, 0.2) is 11.4 Å². The second kappa shape index (κ2) is 9.13. The maximum absolute atomic E-state index is 14.5. The van der Waals surface area contributed by atoms with E-state index in [2.05, 4.69) is 10.1 Å². The number of halogens is 1. The van der Waals surface area contributed by atoms with Crippen molar-refractivity contribution in [2.75, 3.05) is 31.1 Å². The third kappa shape index (κ3) is 4.30. The van der Waals surface area contributed by atoms with Gasteiger partial charge in [-0.25, -0.2) is 14.1 Å². The summed E-state index contributed by atoms with van der Waals surface area (Å²) in [5, 5.41) is 4.62. The number of para-hydroxylation sites is 1. The summed E-state index contributed by atoms with van der Waals surface area (Å²) in [6.07, 6.45) is 2.83. The van der Waals surface area contributed by atoms with E-state index in [0.717, 1.165) is 5.69 Å². The van der Waals surface area contributed by atoms with Crippen LogP contribution in [0.2, 0.25) is 0 Å². The first-order chi connectivity index (χ1) is 16.9. The SMILES string of the molecule is CC(=O)c1ccc(N2CCN(C(=O)Cn3cnc4c(cnn4-c4ccccc4)c3=O)CC2)c(F)c1. The summed E-state index contributed by atoms with van der Waals surface area (Å²) in [6, 6.07) is 13.8. The Morgan fingerprint density at radius 2 is 1.77 bits per heavy atom. The van der Waals surface area contributed by atoms with Crippen molar-refractivity contribution in [2.45, 2.75) is 13.5 Å². The van der Waals surface area contributed by atoms with Crippen molar-refractivity contribution in [2.24, 2.45) is 0 Å². The summed E-state index contributed by atoms with van der Waals surface area (Å²) in [5.41, 5.74) is 1.61. The monoisotopic (exact) mass is 474 g/mol. The standard InChI is InChI=1S/C25H23FN6O3/c1-17(33)18-7-8-22(21(26)13-18)29-9-11-30(12-10-29)23(34)15-31-16-27-24-20(25(31)35)14-28-32(24)19-5-3-2-4-6-19/h2-8,13-14,16H,9-12,15H2,1H3. The maximum Gasteiger partial charge on any atom is 0.264 e. The minimum absolute atomic E-state index is 0.139. The lowest BCUT2D eigenvalue weighted by Crippen LogP contribution is -2.50. The Morgan fingerprint density at radius 1 is 1.03 bits per heavy atom. The molecule has 0 saturated carbocycles. The average Bonchev–Trinajstić information content (AvgIpc) is 3.31. The highest BCUT2D eigenvalue weighted by molar-refractivity contribution is 5.94. The highest BCUT2D eigenvalue weighted by Gasteiger charge is 2.24. The molecule has 1 aliphatic rings. The first kappa shape index (κ1) is 22.5. The molecule has 35 heavy (non-hydrogen) atoms. The largest absolute Gasteiger partial charge is 0.366 e. The Kier molecular flexibility index (Phi) is 5.86. The van der Waals surface area contributed by atoms with E-state index in [-0.39, 0.29) is 23.8 Å². The van der Waals surface area contributed by atoms with E-state index in [1.54, 1.807) is 21.7 Å². The summed E-state index contributed by atoms with van der Waals surface area (Å²) in [6.45, 7) is 2.93. The van der Waals surface area contributed by atoms with Gasteiger partial charge in [0.2, 0.25) is 5.91 Å². The summed E-state index contributed by atoms with van der Waals surface area (Å²) in [7, 11) is 0. The molecule has 1 amide bonds. The molecule has 0 aliphatic carbocycles. The molecule has 3 heterocycles. The van der Waals surface area contributed by atoms with Crippen LogP contribution in [0, 0.1) is 5.82 Å².